The fraction of sp³-hybridized carbons (Fsp3) is 0.381. The summed E-state index contributed by atoms with van der Waals surface area (Å²) >= 11 is 0. The monoisotopic (exact) mass is 499 g/mol. The van der Waals surface area contributed by atoms with Gasteiger partial charge in [-0.05, 0) is 44.0 Å². The normalized spacial score (nSPS) is 10.7. The number of nitrogens with one attached hydrogen (secondary N) is 2. The predicted octanol–water partition coefficient (Wildman–Crippen LogP) is 4.26. The zero-order valence-corrected chi connectivity index (χ0v) is 19.5. The lowest BCUT2D eigenvalue weighted by molar-refractivity contribution is 0.311. The first-order valence-corrected chi connectivity index (χ1v) is 9.03. The van der Waals surface area contributed by atoms with E-state index in [1.54, 1.807) is 21.3 Å². The predicted molar refractivity (Wildman–Crippen MR) is 126 cm³/mol. The molecule has 0 saturated heterocycles. The first kappa shape index (κ1) is 23.9. The Kier molecular flexibility index (Phi) is 10.5. The van der Waals surface area contributed by atoms with Crippen molar-refractivity contribution in [1.29, 1.82) is 0 Å². The molecule has 28 heavy (non-hydrogen) atoms. The van der Waals surface area contributed by atoms with Gasteiger partial charge in [0.05, 0.1) is 20.8 Å². The van der Waals surface area contributed by atoms with Crippen LogP contribution >= 0.6 is 24.0 Å². The van der Waals surface area contributed by atoms with Gasteiger partial charge in [0.15, 0.2) is 17.5 Å². The molecule has 2 N–H and O–H groups in total. The number of aliphatic imine (C=N–C) groups is 1. The van der Waals surface area contributed by atoms with Crippen LogP contribution in [-0.2, 0) is 6.42 Å². The van der Waals surface area contributed by atoms with Crippen LogP contribution in [0.3, 0.4) is 0 Å². The van der Waals surface area contributed by atoms with Crippen LogP contribution in [0.25, 0.3) is 0 Å². The SMILES string of the molecule is CCOc1ccc(NC(=NC)NCCc2cc(C)ccc2OC)cc1OC.I. The van der Waals surface area contributed by atoms with Crippen molar-refractivity contribution >= 4 is 35.6 Å². The highest BCUT2D eigenvalue weighted by Crippen LogP contribution is 2.30. The van der Waals surface area contributed by atoms with E-state index in [2.05, 4.69) is 34.7 Å². The maximum Gasteiger partial charge on any atom is 0.195 e. The number of aryl methyl sites for hydroxylation is 1. The minimum Gasteiger partial charge on any atom is -0.496 e. The van der Waals surface area contributed by atoms with E-state index in [9.17, 15) is 0 Å². The summed E-state index contributed by atoms with van der Waals surface area (Å²) < 4.78 is 16.4. The number of halogens is 1. The largest absolute Gasteiger partial charge is 0.496 e. The van der Waals surface area contributed by atoms with Gasteiger partial charge in [-0.2, -0.15) is 0 Å². The molecule has 0 aliphatic carbocycles. The van der Waals surface area contributed by atoms with Crippen LogP contribution in [0.4, 0.5) is 5.69 Å². The van der Waals surface area contributed by atoms with Crippen LogP contribution in [0, 0.1) is 6.92 Å². The first-order valence-electron chi connectivity index (χ1n) is 9.03. The quantitative estimate of drug-likeness (QED) is 0.323. The van der Waals surface area contributed by atoms with Gasteiger partial charge in [0.25, 0.3) is 0 Å². The van der Waals surface area contributed by atoms with E-state index in [1.807, 2.05) is 31.2 Å². The summed E-state index contributed by atoms with van der Waals surface area (Å²) in [7, 11) is 5.07. The first-order chi connectivity index (χ1) is 13.1. The summed E-state index contributed by atoms with van der Waals surface area (Å²) in [6.45, 7) is 5.35. The third kappa shape index (κ3) is 6.78. The van der Waals surface area contributed by atoms with Crippen molar-refractivity contribution in [2.24, 2.45) is 4.99 Å². The van der Waals surface area contributed by atoms with Crippen molar-refractivity contribution in [2.45, 2.75) is 20.3 Å². The Hall–Kier alpha value is -2.16. The molecule has 0 amide bonds. The number of methoxy groups -OCH3 is 2. The molecule has 0 atom stereocenters. The summed E-state index contributed by atoms with van der Waals surface area (Å²) in [5.41, 5.74) is 3.26. The van der Waals surface area contributed by atoms with Crippen molar-refractivity contribution in [3.63, 3.8) is 0 Å². The molecule has 0 unspecified atom stereocenters. The molecule has 0 bridgehead atoms. The molecule has 6 nitrogen and oxygen atoms in total. The Balaban J connectivity index is 0.00000392. The van der Waals surface area contributed by atoms with E-state index in [-0.39, 0.29) is 24.0 Å². The number of anilines is 1. The fourth-order valence-electron chi connectivity index (χ4n) is 2.75. The minimum absolute atomic E-state index is 0. The van der Waals surface area contributed by atoms with Gasteiger partial charge in [0.1, 0.15) is 5.75 Å². The highest BCUT2D eigenvalue weighted by atomic mass is 127. The van der Waals surface area contributed by atoms with E-state index in [1.165, 1.54) is 11.1 Å². The van der Waals surface area contributed by atoms with E-state index in [4.69, 9.17) is 14.2 Å². The zero-order valence-electron chi connectivity index (χ0n) is 17.2. The second-order valence-corrected chi connectivity index (χ2v) is 5.99. The number of ether oxygens (including phenoxy) is 3. The molecule has 2 rings (SSSR count). The van der Waals surface area contributed by atoms with E-state index in [0.29, 0.717) is 18.3 Å². The standard InChI is InChI=1S/C21H29N3O3.HI/c1-6-27-19-10-8-17(14-20(19)26-5)24-21(22-3)23-12-11-16-13-15(2)7-9-18(16)25-4;/h7-10,13-14H,6,11-12H2,1-5H3,(H2,22,23,24);1H. The van der Waals surface area contributed by atoms with Crippen LogP contribution in [0.2, 0.25) is 0 Å². The number of benzene rings is 2. The molecule has 2 aromatic rings. The molecule has 2 aromatic carbocycles. The number of rotatable bonds is 8. The van der Waals surface area contributed by atoms with Gasteiger partial charge in [-0.1, -0.05) is 17.7 Å². The van der Waals surface area contributed by atoms with Gasteiger partial charge in [-0.3, -0.25) is 4.99 Å². The van der Waals surface area contributed by atoms with Crippen LogP contribution in [0.15, 0.2) is 41.4 Å². The Morgan fingerprint density at radius 3 is 2.36 bits per heavy atom. The number of hydrogen-bond acceptors (Lipinski definition) is 4. The van der Waals surface area contributed by atoms with Gasteiger partial charge < -0.3 is 24.8 Å². The maximum absolute atomic E-state index is 5.55. The summed E-state index contributed by atoms with van der Waals surface area (Å²) in [6, 6.07) is 11.9. The topological polar surface area (TPSA) is 64.1 Å². The van der Waals surface area contributed by atoms with Crippen molar-refractivity contribution in [1.82, 2.24) is 5.32 Å². The zero-order chi connectivity index (χ0) is 19.6. The molecule has 7 heteroatoms. The number of nitrogens with zero attached hydrogens (tertiary/aromatic N) is 1. The lowest BCUT2D eigenvalue weighted by Crippen LogP contribution is -2.32. The van der Waals surface area contributed by atoms with E-state index >= 15 is 0 Å². The molecule has 0 saturated carbocycles. The van der Waals surface area contributed by atoms with Gasteiger partial charge in [-0.25, -0.2) is 0 Å². The van der Waals surface area contributed by atoms with Gasteiger partial charge >= 0.3 is 0 Å². The average molecular weight is 499 g/mol. The Morgan fingerprint density at radius 1 is 1.00 bits per heavy atom. The third-order valence-electron chi connectivity index (χ3n) is 4.07. The van der Waals surface area contributed by atoms with Crippen LogP contribution in [-0.4, -0.2) is 40.4 Å². The van der Waals surface area contributed by atoms with E-state index in [0.717, 1.165) is 30.2 Å². The van der Waals surface area contributed by atoms with E-state index < -0.39 is 0 Å². The molecule has 0 fully saturated rings. The van der Waals surface area contributed by atoms with Gasteiger partial charge in [0.2, 0.25) is 0 Å². The van der Waals surface area contributed by atoms with Crippen molar-refractivity contribution in [3.8, 4) is 17.2 Å². The van der Waals surface area contributed by atoms with Crippen molar-refractivity contribution < 1.29 is 14.2 Å². The van der Waals surface area contributed by atoms with Crippen molar-refractivity contribution in [3.05, 3.63) is 47.5 Å². The molecule has 0 aliphatic rings. The summed E-state index contributed by atoms with van der Waals surface area (Å²) in [4.78, 5) is 4.28. The Labute approximate surface area is 184 Å². The molecule has 0 heterocycles. The highest BCUT2D eigenvalue weighted by Gasteiger charge is 2.08. The van der Waals surface area contributed by atoms with Crippen LogP contribution < -0.4 is 24.8 Å². The number of guanidine groups is 1. The smallest absolute Gasteiger partial charge is 0.195 e. The average Bonchev–Trinajstić information content (AvgIpc) is 2.68. The summed E-state index contributed by atoms with van der Waals surface area (Å²) in [5, 5.41) is 6.60. The Bertz CT molecular complexity index is 781. The molecule has 0 aliphatic heterocycles. The highest BCUT2D eigenvalue weighted by molar-refractivity contribution is 14.0. The molecule has 0 radical (unpaired) electrons. The van der Waals surface area contributed by atoms with Gasteiger partial charge in [-0.15, -0.1) is 24.0 Å². The Morgan fingerprint density at radius 2 is 1.71 bits per heavy atom. The summed E-state index contributed by atoms with van der Waals surface area (Å²) in [5.74, 6) is 3.00. The lowest BCUT2D eigenvalue weighted by Gasteiger charge is -2.15. The van der Waals surface area contributed by atoms with Crippen LogP contribution in [0.5, 0.6) is 17.2 Å². The second-order valence-electron chi connectivity index (χ2n) is 5.99. The molecule has 0 aromatic heterocycles. The minimum atomic E-state index is 0. The van der Waals surface area contributed by atoms with Crippen LogP contribution in [0.1, 0.15) is 18.1 Å². The fourth-order valence-corrected chi connectivity index (χ4v) is 2.75. The molecule has 0 spiro atoms. The lowest BCUT2D eigenvalue weighted by atomic mass is 10.1. The maximum atomic E-state index is 5.55. The third-order valence-corrected chi connectivity index (χ3v) is 4.07. The van der Waals surface area contributed by atoms with Crippen molar-refractivity contribution in [2.75, 3.05) is 39.7 Å². The molecular weight excluding hydrogens is 469 g/mol. The molecule has 154 valence electrons. The molecular formula is C21H30IN3O3. The summed E-state index contributed by atoms with van der Waals surface area (Å²) in [6.07, 6.45) is 0.832. The second kappa shape index (κ2) is 12.3. The number of hydrogen-bond donors (Lipinski definition) is 2. The van der Waals surface area contributed by atoms with Gasteiger partial charge in [0, 0.05) is 25.3 Å².